The number of aromatic amines is 1. The van der Waals surface area contributed by atoms with Crippen LogP contribution in [0.4, 0.5) is 5.82 Å². The van der Waals surface area contributed by atoms with Crippen LogP contribution < -0.4 is 5.73 Å². The fourth-order valence-corrected chi connectivity index (χ4v) is 4.03. The number of hydrogen-bond acceptors (Lipinski definition) is 4. The minimum atomic E-state index is 0.334. The van der Waals surface area contributed by atoms with Gasteiger partial charge in [0.1, 0.15) is 5.69 Å². The predicted octanol–water partition coefficient (Wildman–Crippen LogP) is 3.23. The van der Waals surface area contributed by atoms with Gasteiger partial charge in [-0.2, -0.15) is 5.10 Å². The van der Waals surface area contributed by atoms with Crippen LogP contribution in [0.15, 0.2) is 4.52 Å². The highest BCUT2D eigenvalue weighted by atomic mass is 16.5. The summed E-state index contributed by atoms with van der Waals surface area (Å²) in [6, 6.07) is 0. The zero-order chi connectivity index (χ0) is 13.7. The number of nitrogen functional groups attached to an aromatic ring is 1. The van der Waals surface area contributed by atoms with E-state index in [1.165, 1.54) is 43.4 Å². The normalized spacial score (nSPS) is 21.9. The molecule has 1 fully saturated rings. The number of H-pyrrole nitrogens is 1. The lowest BCUT2D eigenvalue weighted by atomic mass is 9.75. The Balaban J connectivity index is 1.87. The number of rotatable bonds is 2. The second-order valence-electron chi connectivity index (χ2n) is 6.00. The molecule has 0 saturated heterocycles. The molecule has 20 heavy (non-hydrogen) atoms. The quantitative estimate of drug-likeness (QED) is 0.879. The maximum atomic E-state index is 6.08. The van der Waals surface area contributed by atoms with E-state index in [0.29, 0.717) is 17.7 Å². The summed E-state index contributed by atoms with van der Waals surface area (Å²) in [5, 5.41) is 11.6. The topological polar surface area (TPSA) is 80.7 Å². The summed E-state index contributed by atoms with van der Waals surface area (Å²) >= 11 is 0. The predicted molar refractivity (Wildman–Crippen MR) is 76.3 cm³/mol. The van der Waals surface area contributed by atoms with Crippen LogP contribution in [0.1, 0.15) is 61.8 Å². The summed E-state index contributed by atoms with van der Waals surface area (Å²) in [5.41, 5.74) is 10.7. The SMILES string of the molecule is CCc1[nH]nc2c1[C@@H](C1CCCCC1)c1c(N)noc1-2. The molecule has 2 aromatic heterocycles. The van der Waals surface area contributed by atoms with Crippen LogP contribution >= 0.6 is 0 Å². The number of aromatic nitrogens is 3. The first-order chi connectivity index (χ1) is 9.81. The smallest absolute Gasteiger partial charge is 0.193 e. The summed E-state index contributed by atoms with van der Waals surface area (Å²) in [4.78, 5) is 0. The first-order valence-corrected chi connectivity index (χ1v) is 7.63. The zero-order valence-electron chi connectivity index (χ0n) is 11.8. The Morgan fingerprint density at radius 2 is 2.05 bits per heavy atom. The number of nitrogens with one attached hydrogen (secondary N) is 1. The van der Waals surface area contributed by atoms with Crippen molar-refractivity contribution < 1.29 is 4.52 Å². The lowest BCUT2D eigenvalue weighted by Crippen LogP contribution is -2.17. The highest BCUT2D eigenvalue weighted by Crippen LogP contribution is 2.53. The molecule has 4 rings (SSSR count). The standard InChI is InChI=1S/C15H20N4O/c1-2-9-11-10(8-6-4-3-5-7-8)12-14(13(11)18-17-9)20-19-15(12)16/h8,10H,2-7H2,1H3,(H2,16,19)(H,17,18)/t10-/m1/s1. The monoisotopic (exact) mass is 272 g/mol. The summed E-state index contributed by atoms with van der Waals surface area (Å²) < 4.78 is 5.45. The molecule has 2 aliphatic rings. The molecule has 0 radical (unpaired) electrons. The molecule has 0 bridgehead atoms. The highest BCUT2D eigenvalue weighted by molar-refractivity contribution is 5.76. The molecule has 1 atom stereocenters. The van der Waals surface area contributed by atoms with Crippen molar-refractivity contribution >= 4 is 5.82 Å². The summed E-state index contributed by atoms with van der Waals surface area (Å²) in [6.45, 7) is 2.16. The van der Waals surface area contributed by atoms with E-state index >= 15 is 0 Å². The number of hydrogen-bond donors (Lipinski definition) is 2. The van der Waals surface area contributed by atoms with Crippen LogP contribution in [0.25, 0.3) is 11.5 Å². The van der Waals surface area contributed by atoms with Gasteiger partial charge < -0.3 is 10.3 Å². The molecular formula is C15H20N4O. The van der Waals surface area contributed by atoms with E-state index < -0.39 is 0 Å². The molecule has 0 unspecified atom stereocenters. The Labute approximate surface area is 117 Å². The number of anilines is 1. The van der Waals surface area contributed by atoms with Crippen LogP contribution in [0, 0.1) is 5.92 Å². The van der Waals surface area contributed by atoms with Crippen molar-refractivity contribution in [1.82, 2.24) is 15.4 Å². The van der Waals surface area contributed by atoms with Crippen molar-refractivity contribution in [1.29, 1.82) is 0 Å². The van der Waals surface area contributed by atoms with Gasteiger partial charge in [-0.05, 0) is 25.2 Å². The lowest BCUT2D eigenvalue weighted by Gasteiger charge is -2.28. The fourth-order valence-electron chi connectivity index (χ4n) is 4.03. The van der Waals surface area contributed by atoms with Crippen molar-refractivity contribution in [3.63, 3.8) is 0 Å². The molecule has 106 valence electrons. The van der Waals surface area contributed by atoms with Crippen molar-refractivity contribution in [3.8, 4) is 11.5 Å². The van der Waals surface area contributed by atoms with E-state index in [4.69, 9.17) is 10.3 Å². The van der Waals surface area contributed by atoms with Gasteiger partial charge in [0, 0.05) is 17.2 Å². The molecule has 2 aliphatic carbocycles. The van der Waals surface area contributed by atoms with E-state index in [-0.39, 0.29) is 0 Å². The van der Waals surface area contributed by atoms with Crippen molar-refractivity contribution in [2.45, 2.75) is 51.4 Å². The second kappa shape index (κ2) is 4.36. The lowest BCUT2D eigenvalue weighted by molar-refractivity contribution is 0.329. The van der Waals surface area contributed by atoms with Gasteiger partial charge in [0.05, 0.1) is 5.56 Å². The average molecular weight is 272 g/mol. The molecule has 5 heteroatoms. The molecule has 2 heterocycles. The average Bonchev–Trinajstić information content (AvgIpc) is 3.12. The third kappa shape index (κ3) is 1.49. The Bertz CT molecular complexity index is 636. The Morgan fingerprint density at radius 1 is 1.25 bits per heavy atom. The van der Waals surface area contributed by atoms with E-state index in [9.17, 15) is 0 Å². The highest BCUT2D eigenvalue weighted by Gasteiger charge is 2.43. The third-order valence-corrected chi connectivity index (χ3v) is 4.95. The maximum absolute atomic E-state index is 6.08. The van der Waals surface area contributed by atoms with E-state index in [1.54, 1.807) is 0 Å². The first-order valence-electron chi connectivity index (χ1n) is 7.63. The van der Waals surface area contributed by atoms with Gasteiger partial charge in [-0.15, -0.1) is 0 Å². The third-order valence-electron chi connectivity index (χ3n) is 4.95. The van der Waals surface area contributed by atoms with Gasteiger partial charge in [-0.1, -0.05) is 31.3 Å². The first kappa shape index (κ1) is 12.0. The van der Waals surface area contributed by atoms with Gasteiger partial charge in [-0.25, -0.2) is 0 Å². The second-order valence-corrected chi connectivity index (χ2v) is 6.00. The molecule has 5 nitrogen and oxygen atoms in total. The van der Waals surface area contributed by atoms with Crippen LogP contribution in [-0.2, 0) is 6.42 Å². The van der Waals surface area contributed by atoms with E-state index in [2.05, 4.69) is 22.3 Å². The van der Waals surface area contributed by atoms with Gasteiger partial charge >= 0.3 is 0 Å². The molecule has 2 aromatic rings. The van der Waals surface area contributed by atoms with E-state index in [0.717, 1.165) is 23.4 Å². The molecular weight excluding hydrogens is 252 g/mol. The van der Waals surface area contributed by atoms with Crippen molar-refractivity contribution in [2.24, 2.45) is 5.92 Å². The molecule has 3 N–H and O–H groups in total. The van der Waals surface area contributed by atoms with Crippen LogP contribution in [0.3, 0.4) is 0 Å². The summed E-state index contributed by atoms with van der Waals surface area (Å²) in [7, 11) is 0. The Kier molecular flexibility index (Phi) is 2.62. The fraction of sp³-hybridized carbons (Fsp3) is 0.600. The van der Waals surface area contributed by atoms with Gasteiger partial charge in [0.25, 0.3) is 0 Å². The molecule has 0 aromatic carbocycles. The van der Waals surface area contributed by atoms with Crippen molar-refractivity contribution in [2.75, 3.05) is 5.73 Å². The zero-order valence-corrected chi connectivity index (χ0v) is 11.8. The van der Waals surface area contributed by atoms with E-state index in [1.807, 2.05) is 0 Å². The maximum Gasteiger partial charge on any atom is 0.193 e. The number of nitrogens with zero attached hydrogens (tertiary/aromatic N) is 2. The number of nitrogens with two attached hydrogens (primary N) is 1. The Hall–Kier alpha value is -1.78. The van der Waals surface area contributed by atoms with Gasteiger partial charge in [0.15, 0.2) is 11.6 Å². The van der Waals surface area contributed by atoms with Gasteiger partial charge in [0.2, 0.25) is 0 Å². The number of aryl methyl sites for hydroxylation is 1. The van der Waals surface area contributed by atoms with Crippen molar-refractivity contribution in [3.05, 3.63) is 16.8 Å². The largest absolute Gasteiger partial charge is 0.381 e. The Morgan fingerprint density at radius 3 is 2.80 bits per heavy atom. The van der Waals surface area contributed by atoms with Gasteiger partial charge in [-0.3, -0.25) is 5.10 Å². The summed E-state index contributed by atoms with van der Waals surface area (Å²) in [6.07, 6.45) is 7.48. The molecule has 0 spiro atoms. The molecule has 0 amide bonds. The molecule has 1 saturated carbocycles. The van der Waals surface area contributed by atoms with Crippen LogP contribution in [0.2, 0.25) is 0 Å². The number of fused-ring (bicyclic) bond motifs is 3. The minimum absolute atomic E-state index is 0.334. The van der Waals surface area contributed by atoms with Crippen LogP contribution in [-0.4, -0.2) is 15.4 Å². The molecule has 0 aliphatic heterocycles. The summed E-state index contributed by atoms with van der Waals surface area (Å²) in [5.74, 6) is 2.33. The van der Waals surface area contributed by atoms with Crippen LogP contribution in [0.5, 0.6) is 0 Å². The minimum Gasteiger partial charge on any atom is -0.381 e.